The van der Waals surface area contributed by atoms with Gasteiger partial charge in [-0.2, -0.15) is 4.98 Å². The lowest BCUT2D eigenvalue weighted by Crippen LogP contribution is -2.34. The van der Waals surface area contributed by atoms with Crippen molar-refractivity contribution in [3.05, 3.63) is 11.5 Å². The van der Waals surface area contributed by atoms with Gasteiger partial charge in [-0.3, -0.25) is 0 Å². The Labute approximate surface area is 109 Å². The molecule has 1 saturated carbocycles. The Morgan fingerprint density at radius 3 is 2.89 bits per heavy atom. The van der Waals surface area contributed by atoms with Gasteiger partial charge in [-0.05, 0) is 30.8 Å². The molecule has 2 heterocycles. The van der Waals surface area contributed by atoms with Crippen molar-refractivity contribution >= 4 is 11.5 Å². The number of aryl methyl sites for hydroxylation is 1. The normalized spacial score (nSPS) is 18.3. The van der Waals surface area contributed by atoms with Gasteiger partial charge in [0.1, 0.15) is 4.88 Å². The number of aromatic nitrogens is 4. The zero-order valence-electron chi connectivity index (χ0n) is 10.2. The van der Waals surface area contributed by atoms with E-state index in [9.17, 15) is 0 Å². The molecule has 0 spiro atoms. The quantitative estimate of drug-likeness (QED) is 0.911. The molecule has 0 aromatic carbocycles. The lowest BCUT2D eigenvalue weighted by molar-refractivity contribution is 0.373. The van der Waals surface area contributed by atoms with E-state index in [1.54, 1.807) is 0 Å². The van der Waals surface area contributed by atoms with Crippen LogP contribution in [0.5, 0.6) is 0 Å². The Hall–Kier alpha value is -1.34. The minimum Gasteiger partial charge on any atom is -0.333 e. The van der Waals surface area contributed by atoms with Gasteiger partial charge in [0.25, 0.3) is 5.89 Å². The molecule has 0 radical (unpaired) electrons. The Morgan fingerprint density at radius 1 is 1.39 bits per heavy atom. The molecule has 0 unspecified atom stereocenters. The third kappa shape index (κ3) is 1.83. The lowest BCUT2D eigenvalue weighted by Gasteiger charge is -2.17. The van der Waals surface area contributed by atoms with E-state index >= 15 is 0 Å². The molecule has 2 aromatic heterocycles. The van der Waals surface area contributed by atoms with E-state index in [0.29, 0.717) is 11.7 Å². The molecule has 0 aliphatic heterocycles. The standard InChI is InChI=1S/C11H15N5OS/c1-2-7-8(18-16-14-7)9-13-10(15-17-9)11(12)5-3-4-6-11/h2-6,12H2,1H3. The topological polar surface area (TPSA) is 90.7 Å². The summed E-state index contributed by atoms with van der Waals surface area (Å²) in [7, 11) is 0. The van der Waals surface area contributed by atoms with E-state index in [2.05, 4.69) is 19.7 Å². The molecule has 7 heteroatoms. The molecule has 2 N–H and O–H groups in total. The van der Waals surface area contributed by atoms with Crippen molar-refractivity contribution in [1.29, 1.82) is 0 Å². The maximum Gasteiger partial charge on any atom is 0.271 e. The van der Waals surface area contributed by atoms with E-state index in [-0.39, 0.29) is 0 Å². The van der Waals surface area contributed by atoms with Crippen molar-refractivity contribution in [2.75, 3.05) is 0 Å². The second kappa shape index (κ2) is 4.40. The highest BCUT2D eigenvalue weighted by Gasteiger charge is 2.36. The van der Waals surface area contributed by atoms with Crippen LogP contribution in [-0.4, -0.2) is 19.7 Å². The van der Waals surface area contributed by atoms with Gasteiger partial charge in [0.05, 0.1) is 11.2 Å². The molecule has 96 valence electrons. The number of rotatable bonds is 3. The zero-order chi connectivity index (χ0) is 12.6. The van der Waals surface area contributed by atoms with E-state index in [1.165, 1.54) is 11.5 Å². The van der Waals surface area contributed by atoms with Crippen LogP contribution in [0.2, 0.25) is 0 Å². The summed E-state index contributed by atoms with van der Waals surface area (Å²) >= 11 is 1.28. The van der Waals surface area contributed by atoms with E-state index in [4.69, 9.17) is 10.3 Å². The second-order valence-corrected chi connectivity index (χ2v) is 5.44. The molecule has 1 aliphatic rings. The van der Waals surface area contributed by atoms with Gasteiger partial charge < -0.3 is 10.3 Å². The molecular weight excluding hydrogens is 250 g/mol. The Balaban J connectivity index is 1.94. The highest BCUT2D eigenvalue weighted by Crippen LogP contribution is 2.36. The summed E-state index contributed by atoms with van der Waals surface area (Å²) in [6.45, 7) is 2.03. The van der Waals surface area contributed by atoms with Crippen LogP contribution in [0, 0.1) is 0 Å². The smallest absolute Gasteiger partial charge is 0.271 e. The minimum absolute atomic E-state index is 0.410. The van der Waals surface area contributed by atoms with E-state index < -0.39 is 5.54 Å². The van der Waals surface area contributed by atoms with Crippen LogP contribution in [0.3, 0.4) is 0 Å². The van der Waals surface area contributed by atoms with Crippen LogP contribution >= 0.6 is 11.5 Å². The molecular formula is C11H15N5OS. The average molecular weight is 265 g/mol. The van der Waals surface area contributed by atoms with Gasteiger partial charge in [0, 0.05) is 0 Å². The van der Waals surface area contributed by atoms with Crippen molar-refractivity contribution in [2.45, 2.75) is 44.6 Å². The first-order chi connectivity index (χ1) is 8.73. The van der Waals surface area contributed by atoms with Crippen LogP contribution in [0.15, 0.2) is 4.52 Å². The van der Waals surface area contributed by atoms with Crippen LogP contribution in [-0.2, 0) is 12.0 Å². The molecule has 18 heavy (non-hydrogen) atoms. The first-order valence-electron chi connectivity index (χ1n) is 6.17. The molecule has 3 rings (SSSR count). The fourth-order valence-corrected chi connectivity index (χ4v) is 3.02. The molecule has 1 fully saturated rings. The molecule has 0 atom stereocenters. The minimum atomic E-state index is -0.410. The highest BCUT2D eigenvalue weighted by atomic mass is 32.1. The summed E-state index contributed by atoms with van der Waals surface area (Å²) in [6, 6.07) is 0. The molecule has 0 amide bonds. The Kier molecular flexibility index (Phi) is 2.87. The monoisotopic (exact) mass is 265 g/mol. The third-order valence-corrected chi connectivity index (χ3v) is 4.21. The SMILES string of the molecule is CCc1nnsc1-c1nc(C2(N)CCCC2)no1. The van der Waals surface area contributed by atoms with Crippen molar-refractivity contribution < 1.29 is 4.52 Å². The predicted octanol–water partition coefficient (Wildman–Crippen LogP) is 1.88. The molecule has 0 saturated heterocycles. The maximum absolute atomic E-state index is 6.30. The largest absolute Gasteiger partial charge is 0.333 e. The summed E-state index contributed by atoms with van der Waals surface area (Å²) in [5.41, 5.74) is 6.79. The average Bonchev–Trinajstić information content (AvgIpc) is 3.08. The van der Waals surface area contributed by atoms with Crippen molar-refractivity contribution in [3.63, 3.8) is 0 Å². The lowest BCUT2D eigenvalue weighted by atomic mass is 9.99. The van der Waals surface area contributed by atoms with Gasteiger partial charge in [0.15, 0.2) is 5.82 Å². The van der Waals surface area contributed by atoms with Gasteiger partial charge in [-0.25, -0.2) is 0 Å². The summed E-state index contributed by atoms with van der Waals surface area (Å²) in [5, 5.41) is 8.09. The van der Waals surface area contributed by atoms with Crippen molar-refractivity contribution in [2.24, 2.45) is 5.73 Å². The fraction of sp³-hybridized carbons (Fsp3) is 0.636. The molecule has 0 bridgehead atoms. The van der Waals surface area contributed by atoms with Crippen LogP contribution in [0.4, 0.5) is 0 Å². The summed E-state index contributed by atoms with van der Waals surface area (Å²) in [4.78, 5) is 5.30. The zero-order valence-corrected chi connectivity index (χ0v) is 11.0. The Morgan fingerprint density at radius 2 is 2.17 bits per heavy atom. The van der Waals surface area contributed by atoms with Crippen molar-refractivity contribution in [3.8, 4) is 10.8 Å². The van der Waals surface area contributed by atoms with Gasteiger partial charge >= 0.3 is 0 Å². The summed E-state index contributed by atoms with van der Waals surface area (Å²) < 4.78 is 9.24. The summed E-state index contributed by atoms with van der Waals surface area (Å²) in [5.74, 6) is 1.11. The molecule has 2 aromatic rings. The predicted molar refractivity (Wildman–Crippen MR) is 66.9 cm³/mol. The molecule has 1 aliphatic carbocycles. The number of nitrogens with zero attached hydrogens (tertiary/aromatic N) is 4. The van der Waals surface area contributed by atoms with Gasteiger partial charge in [-0.1, -0.05) is 29.4 Å². The summed E-state index contributed by atoms with van der Waals surface area (Å²) in [6.07, 6.45) is 4.91. The number of hydrogen-bond acceptors (Lipinski definition) is 7. The van der Waals surface area contributed by atoms with Gasteiger partial charge in [0.2, 0.25) is 0 Å². The van der Waals surface area contributed by atoms with E-state index in [1.807, 2.05) is 6.92 Å². The fourth-order valence-electron chi connectivity index (χ4n) is 2.35. The first-order valence-corrected chi connectivity index (χ1v) is 6.95. The van der Waals surface area contributed by atoms with Crippen molar-refractivity contribution in [1.82, 2.24) is 19.7 Å². The maximum atomic E-state index is 6.30. The van der Waals surface area contributed by atoms with Crippen LogP contribution in [0.1, 0.15) is 44.1 Å². The third-order valence-electron chi connectivity index (χ3n) is 3.45. The second-order valence-electron chi connectivity index (χ2n) is 4.69. The molecule has 6 nitrogen and oxygen atoms in total. The van der Waals surface area contributed by atoms with Gasteiger partial charge in [-0.15, -0.1) is 5.10 Å². The van der Waals surface area contributed by atoms with Crippen LogP contribution in [0.25, 0.3) is 10.8 Å². The van der Waals surface area contributed by atoms with Crippen LogP contribution < -0.4 is 5.73 Å². The Bertz CT molecular complexity index is 543. The number of hydrogen-bond donors (Lipinski definition) is 1. The number of nitrogens with two attached hydrogens (primary N) is 1. The first kappa shape index (κ1) is 11.7. The van der Waals surface area contributed by atoms with E-state index in [0.717, 1.165) is 42.7 Å². The highest BCUT2D eigenvalue weighted by molar-refractivity contribution is 7.09.